The number of hydrogen-bond donors (Lipinski definition) is 0. The van der Waals surface area contributed by atoms with Crippen LogP contribution < -0.4 is 14.4 Å². The molecule has 0 aromatic heterocycles. The Hall–Kier alpha value is -3.49. The first-order valence-corrected chi connectivity index (χ1v) is 10.4. The lowest BCUT2D eigenvalue weighted by Gasteiger charge is -2.30. The molecule has 1 atom stereocenters. The van der Waals surface area contributed by atoms with Gasteiger partial charge in [0.1, 0.15) is 18.1 Å². The number of benzene rings is 3. The van der Waals surface area contributed by atoms with Crippen molar-refractivity contribution in [1.82, 2.24) is 0 Å². The Labute approximate surface area is 187 Å². The van der Waals surface area contributed by atoms with E-state index >= 15 is 0 Å². The van der Waals surface area contributed by atoms with Gasteiger partial charge in [0.05, 0.1) is 18.9 Å². The number of ether oxygens (including phenoxy) is 2. The molecular weight excluding hydrogens is 412 g/mol. The number of amides is 1. The second-order valence-electron chi connectivity index (χ2n) is 6.72. The topological polar surface area (TPSA) is 62.6 Å². The zero-order valence-electron chi connectivity index (χ0n) is 17.2. The molecule has 31 heavy (non-hydrogen) atoms. The molecule has 3 aromatic carbocycles. The Morgan fingerprint density at radius 3 is 2.32 bits per heavy atom. The monoisotopic (exact) mass is 434 g/mol. The predicted molar refractivity (Wildman–Crippen MR) is 121 cm³/mol. The van der Waals surface area contributed by atoms with Crippen LogP contribution in [0.15, 0.2) is 78.9 Å². The van der Waals surface area contributed by atoms with E-state index in [9.17, 15) is 10.1 Å². The highest BCUT2D eigenvalue weighted by Crippen LogP contribution is 2.37. The molecule has 0 heterocycles. The number of carbonyl (C=O) groups excluding carboxylic acids is 1. The molecule has 0 fully saturated rings. The Morgan fingerprint density at radius 1 is 1.00 bits per heavy atom. The van der Waals surface area contributed by atoms with Gasteiger partial charge in [-0.1, -0.05) is 60.7 Å². The van der Waals surface area contributed by atoms with Crippen molar-refractivity contribution in [3.05, 3.63) is 90.0 Å². The maximum Gasteiger partial charge on any atom is 0.229 e. The van der Waals surface area contributed by atoms with Crippen LogP contribution in [0.4, 0.5) is 5.69 Å². The molecule has 0 aliphatic heterocycles. The lowest BCUT2D eigenvalue weighted by Crippen LogP contribution is -2.35. The van der Waals surface area contributed by atoms with Gasteiger partial charge in [0.2, 0.25) is 5.91 Å². The van der Waals surface area contributed by atoms with Gasteiger partial charge in [-0.2, -0.15) is 5.26 Å². The van der Waals surface area contributed by atoms with Gasteiger partial charge in [0, 0.05) is 17.9 Å². The van der Waals surface area contributed by atoms with Crippen LogP contribution in [0.2, 0.25) is 0 Å². The summed E-state index contributed by atoms with van der Waals surface area (Å²) in [5.41, 5.74) is 2.10. The fourth-order valence-electron chi connectivity index (χ4n) is 3.29. The Bertz CT molecular complexity index is 1050. The second kappa shape index (κ2) is 11.1. The average Bonchev–Trinajstić information content (AvgIpc) is 2.82. The van der Waals surface area contributed by atoms with Gasteiger partial charge < -0.3 is 9.47 Å². The van der Waals surface area contributed by atoms with Gasteiger partial charge in [-0.15, -0.1) is 11.6 Å². The highest BCUT2D eigenvalue weighted by molar-refractivity contribution is 6.19. The summed E-state index contributed by atoms with van der Waals surface area (Å²) in [5.74, 6) is 0.906. The van der Waals surface area contributed by atoms with Crippen molar-refractivity contribution in [2.75, 3.05) is 17.9 Å². The summed E-state index contributed by atoms with van der Waals surface area (Å²) in [5, 5.41) is 10.1. The zero-order valence-corrected chi connectivity index (χ0v) is 18.0. The molecule has 3 rings (SSSR count). The van der Waals surface area contributed by atoms with Crippen molar-refractivity contribution in [2.45, 2.75) is 19.1 Å². The van der Waals surface area contributed by atoms with E-state index in [1.807, 2.05) is 48.5 Å². The summed E-state index contributed by atoms with van der Waals surface area (Å²) >= 11 is 5.86. The Kier molecular flexibility index (Phi) is 7.91. The van der Waals surface area contributed by atoms with E-state index in [1.54, 1.807) is 30.3 Å². The maximum atomic E-state index is 13.1. The van der Waals surface area contributed by atoms with Gasteiger partial charge in [0.15, 0.2) is 6.04 Å². The molecule has 0 saturated heterocycles. The lowest BCUT2D eigenvalue weighted by molar-refractivity contribution is -0.118. The summed E-state index contributed by atoms with van der Waals surface area (Å²) in [4.78, 5) is 14.5. The minimum absolute atomic E-state index is 0.0881. The van der Waals surface area contributed by atoms with E-state index in [-0.39, 0.29) is 18.2 Å². The van der Waals surface area contributed by atoms with E-state index in [0.29, 0.717) is 29.4 Å². The van der Waals surface area contributed by atoms with E-state index < -0.39 is 6.04 Å². The van der Waals surface area contributed by atoms with E-state index in [2.05, 4.69) is 6.07 Å². The summed E-state index contributed by atoms with van der Waals surface area (Å²) in [6, 6.07) is 25.5. The number of halogens is 1. The van der Waals surface area contributed by atoms with Crippen LogP contribution >= 0.6 is 11.6 Å². The first kappa shape index (κ1) is 22.2. The van der Waals surface area contributed by atoms with Gasteiger partial charge in [-0.3, -0.25) is 9.69 Å². The van der Waals surface area contributed by atoms with Crippen LogP contribution in [0.25, 0.3) is 0 Å². The van der Waals surface area contributed by atoms with Crippen molar-refractivity contribution >= 4 is 23.2 Å². The van der Waals surface area contributed by atoms with Gasteiger partial charge in [-0.05, 0) is 23.8 Å². The van der Waals surface area contributed by atoms with Crippen LogP contribution in [0.3, 0.4) is 0 Å². The summed E-state index contributed by atoms with van der Waals surface area (Å²) in [6.07, 6.45) is 0.0881. The highest BCUT2D eigenvalue weighted by Gasteiger charge is 2.30. The summed E-state index contributed by atoms with van der Waals surface area (Å²) in [7, 11) is 1.53. The number of anilines is 1. The first-order chi connectivity index (χ1) is 15.2. The number of carbonyl (C=O) groups is 1. The van der Waals surface area contributed by atoms with Crippen molar-refractivity contribution in [3.8, 4) is 17.6 Å². The van der Waals surface area contributed by atoms with E-state index in [0.717, 1.165) is 5.56 Å². The minimum Gasteiger partial charge on any atom is -0.495 e. The van der Waals surface area contributed by atoms with Gasteiger partial charge in [-0.25, -0.2) is 0 Å². The maximum absolute atomic E-state index is 13.1. The third-order valence-electron chi connectivity index (χ3n) is 4.75. The number of rotatable bonds is 9. The van der Waals surface area contributed by atoms with Crippen LogP contribution in [0, 0.1) is 11.3 Å². The third-order valence-corrected chi connectivity index (χ3v) is 4.94. The number of alkyl halides is 1. The Balaban J connectivity index is 2.01. The van der Waals surface area contributed by atoms with E-state index in [1.165, 1.54) is 12.0 Å². The largest absolute Gasteiger partial charge is 0.495 e. The number of para-hydroxylation sites is 3. The molecule has 3 aromatic rings. The Morgan fingerprint density at radius 2 is 1.65 bits per heavy atom. The van der Waals surface area contributed by atoms with Crippen LogP contribution in [0.5, 0.6) is 11.5 Å². The molecule has 0 N–H and O–H groups in total. The molecule has 0 aliphatic carbocycles. The van der Waals surface area contributed by atoms with Gasteiger partial charge in [0.25, 0.3) is 0 Å². The molecule has 0 bridgehead atoms. The molecule has 5 nitrogen and oxygen atoms in total. The highest BCUT2D eigenvalue weighted by atomic mass is 35.5. The molecule has 0 aliphatic rings. The van der Waals surface area contributed by atoms with Crippen molar-refractivity contribution in [2.24, 2.45) is 0 Å². The molecule has 1 amide bonds. The molecule has 6 heteroatoms. The molecule has 0 saturated carbocycles. The first-order valence-electron chi connectivity index (χ1n) is 9.86. The van der Waals surface area contributed by atoms with Crippen molar-refractivity contribution in [3.63, 3.8) is 0 Å². The summed E-state index contributed by atoms with van der Waals surface area (Å²) < 4.78 is 11.5. The standard InChI is InChI=1S/C25H23ClN2O3/c1-30-24-14-8-6-12-21(24)28(25(29)15-16-26)22(17-27)20-11-5-7-13-23(20)31-18-19-9-3-2-4-10-19/h2-14,22H,15-16,18H2,1H3/t22-/m1/s1. The summed E-state index contributed by atoms with van der Waals surface area (Å²) in [6.45, 7) is 0.348. The number of hydrogen-bond acceptors (Lipinski definition) is 4. The molecule has 0 unspecified atom stereocenters. The molecule has 158 valence electrons. The molecule has 0 spiro atoms. The van der Waals surface area contributed by atoms with Crippen molar-refractivity contribution in [1.29, 1.82) is 5.26 Å². The molecule has 0 radical (unpaired) electrons. The fourth-order valence-corrected chi connectivity index (χ4v) is 3.45. The van der Waals surface area contributed by atoms with Crippen LogP contribution in [-0.4, -0.2) is 18.9 Å². The number of nitriles is 1. The van der Waals surface area contributed by atoms with Gasteiger partial charge >= 0.3 is 0 Å². The van der Waals surface area contributed by atoms with Crippen LogP contribution in [0.1, 0.15) is 23.6 Å². The molecular formula is C25H23ClN2O3. The number of methoxy groups -OCH3 is 1. The average molecular weight is 435 g/mol. The zero-order chi connectivity index (χ0) is 22.1. The lowest BCUT2D eigenvalue weighted by atomic mass is 10.0. The number of nitrogens with zero attached hydrogens (tertiary/aromatic N) is 2. The smallest absolute Gasteiger partial charge is 0.229 e. The quantitative estimate of drug-likeness (QED) is 0.417. The second-order valence-corrected chi connectivity index (χ2v) is 7.10. The SMILES string of the molecule is COc1ccccc1N(C(=O)CCCl)[C@H](C#N)c1ccccc1OCc1ccccc1. The van der Waals surface area contributed by atoms with Crippen molar-refractivity contribution < 1.29 is 14.3 Å². The van der Waals surface area contributed by atoms with Crippen LogP contribution in [-0.2, 0) is 11.4 Å². The van der Waals surface area contributed by atoms with E-state index in [4.69, 9.17) is 21.1 Å². The minimum atomic E-state index is -0.918. The normalized spacial score (nSPS) is 11.3. The predicted octanol–water partition coefficient (Wildman–Crippen LogP) is 5.50. The fraction of sp³-hybridized carbons (Fsp3) is 0.200. The third kappa shape index (κ3) is 5.36.